The molecule has 0 heterocycles. The topological polar surface area (TPSA) is 43.4 Å². The summed E-state index contributed by atoms with van der Waals surface area (Å²) in [6, 6.07) is 17.1. The van der Waals surface area contributed by atoms with Gasteiger partial charge in [-0.3, -0.25) is 9.59 Å². The lowest BCUT2D eigenvalue weighted by Crippen LogP contribution is -2.27. The molecule has 0 radical (unpaired) electrons. The van der Waals surface area contributed by atoms with E-state index < -0.39 is 0 Å². The van der Waals surface area contributed by atoms with Crippen molar-refractivity contribution in [3.63, 3.8) is 0 Å². The minimum absolute atomic E-state index is 0.0754. The van der Waals surface area contributed by atoms with Crippen LogP contribution in [-0.4, -0.2) is 18.7 Å². The summed E-state index contributed by atoms with van der Waals surface area (Å²) in [4.78, 5) is 25.3. The highest BCUT2D eigenvalue weighted by Crippen LogP contribution is 2.38. The molecule has 1 fully saturated rings. The molecule has 0 bridgehead atoms. The molecule has 0 aromatic heterocycles. The molecule has 3 rings (SSSR count). The van der Waals surface area contributed by atoms with Crippen LogP contribution in [0.2, 0.25) is 0 Å². The lowest BCUT2D eigenvalue weighted by atomic mass is 9.73. The van der Waals surface area contributed by atoms with Crippen molar-refractivity contribution in [2.45, 2.75) is 38.0 Å². The fourth-order valence-electron chi connectivity index (χ4n) is 3.74. The van der Waals surface area contributed by atoms with Gasteiger partial charge in [0, 0.05) is 30.2 Å². The normalized spacial score (nSPS) is 18.6. The second-order valence-electron chi connectivity index (χ2n) is 6.70. The van der Waals surface area contributed by atoms with E-state index in [2.05, 4.69) is 0 Å². The smallest absolute Gasteiger partial charge is 0.163 e. The summed E-state index contributed by atoms with van der Waals surface area (Å²) >= 11 is 0. The van der Waals surface area contributed by atoms with Crippen molar-refractivity contribution in [3.05, 3.63) is 65.7 Å². The van der Waals surface area contributed by atoms with Gasteiger partial charge in [-0.2, -0.15) is 0 Å². The quantitative estimate of drug-likeness (QED) is 0.711. The fourth-order valence-corrected chi connectivity index (χ4v) is 3.74. The first-order chi connectivity index (χ1) is 12.2. The Balaban J connectivity index is 1.90. The third-order valence-electron chi connectivity index (χ3n) is 5.11. The average molecular weight is 336 g/mol. The van der Waals surface area contributed by atoms with Crippen LogP contribution in [0.4, 0.5) is 0 Å². The summed E-state index contributed by atoms with van der Waals surface area (Å²) < 4.78 is 5.34. The van der Waals surface area contributed by atoms with Crippen molar-refractivity contribution in [3.8, 4) is 5.75 Å². The van der Waals surface area contributed by atoms with Crippen LogP contribution < -0.4 is 4.74 Å². The first-order valence-corrected chi connectivity index (χ1v) is 8.94. The van der Waals surface area contributed by atoms with E-state index in [9.17, 15) is 9.59 Å². The van der Waals surface area contributed by atoms with E-state index in [-0.39, 0.29) is 17.6 Å². The molecule has 3 nitrogen and oxygen atoms in total. The Labute approximate surface area is 149 Å². The van der Waals surface area contributed by atoms with E-state index in [0.29, 0.717) is 24.2 Å². The number of carbonyl (C=O) groups is 2. The Morgan fingerprint density at radius 3 is 2.64 bits per heavy atom. The molecule has 1 saturated carbocycles. The Morgan fingerprint density at radius 1 is 1.12 bits per heavy atom. The first kappa shape index (κ1) is 17.4. The number of ketones is 2. The number of ether oxygens (including phenoxy) is 1. The van der Waals surface area contributed by atoms with Gasteiger partial charge in [-0.05, 0) is 30.5 Å². The van der Waals surface area contributed by atoms with E-state index in [0.717, 1.165) is 30.6 Å². The van der Waals surface area contributed by atoms with Gasteiger partial charge in [0.25, 0.3) is 0 Å². The molecule has 0 spiro atoms. The largest absolute Gasteiger partial charge is 0.497 e. The molecule has 25 heavy (non-hydrogen) atoms. The number of hydrogen-bond acceptors (Lipinski definition) is 3. The average Bonchev–Trinajstić information content (AvgIpc) is 2.67. The molecule has 0 N–H and O–H groups in total. The van der Waals surface area contributed by atoms with Gasteiger partial charge in [0.05, 0.1) is 7.11 Å². The van der Waals surface area contributed by atoms with Gasteiger partial charge in [0.2, 0.25) is 0 Å². The second kappa shape index (κ2) is 8.11. The summed E-state index contributed by atoms with van der Waals surface area (Å²) in [7, 11) is 1.63. The number of carbonyl (C=O) groups excluding carboxylic acids is 2. The van der Waals surface area contributed by atoms with E-state index in [1.807, 2.05) is 54.6 Å². The van der Waals surface area contributed by atoms with Crippen LogP contribution in [0, 0.1) is 5.92 Å². The van der Waals surface area contributed by atoms with Crippen LogP contribution in [-0.2, 0) is 4.79 Å². The van der Waals surface area contributed by atoms with Gasteiger partial charge in [0.15, 0.2) is 5.78 Å². The summed E-state index contributed by atoms with van der Waals surface area (Å²) in [6.07, 6.45) is 3.87. The van der Waals surface area contributed by atoms with Crippen LogP contribution in [0.25, 0.3) is 0 Å². The summed E-state index contributed by atoms with van der Waals surface area (Å²) in [5.41, 5.74) is 1.72. The summed E-state index contributed by atoms with van der Waals surface area (Å²) in [6.45, 7) is 0. The van der Waals surface area contributed by atoms with Gasteiger partial charge < -0.3 is 4.74 Å². The minimum atomic E-state index is -0.0874. The van der Waals surface area contributed by atoms with Crippen molar-refractivity contribution in [2.75, 3.05) is 7.11 Å². The Kier molecular flexibility index (Phi) is 5.64. The maximum absolute atomic E-state index is 12.8. The predicted octanol–water partition coefficient (Wildman–Crippen LogP) is 4.81. The minimum Gasteiger partial charge on any atom is -0.497 e. The van der Waals surface area contributed by atoms with Crippen molar-refractivity contribution >= 4 is 11.6 Å². The number of Topliss-reactive ketones (excluding diaryl/α,β-unsaturated/α-hetero) is 2. The van der Waals surface area contributed by atoms with Crippen LogP contribution in [0.3, 0.4) is 0 Å². The molecule has 1 aliphatic carbocycles. The van der Waals surface area contributed by atoms with Crippen molar-refractivity contribution in [1.29, 1.82) is 0 Å². The molecular formula is C22H24O3. The number of rotatable bonds is 6. The standard InChI is InChI=1S/C22H24O3/c1-25-18-11-7-10-17(14-18)20(19-12-5-6-13-21(19)23)15-22(24)16-8-3-2-4-9-16/h2-4,7-11,14,19-20H,5-6,12-13,15H2,1H3. The van der Waals surface area contributed by atoms with Gasteiger partial charge in [-0.1, -0.05) is 48.9 Å². The van der Waals surface area contributed by atoms with Crippen molar-refractivity contribution in [2.24, 2.45) is 5.92 Å². The highest BCUT2D eigenvalue weighted by Gasteiger charge is 2.33. The Morgan fingerprint density at radius 2 is 1.92 bits per heavy atom. The monoisotopic (exact) mass is 336 g/mol. The third-order valence-corrected chi connectivity index (χ3v) is 5.11. The molecule has 2 aromatic carbocycles. The van der Waals surface area contributed by atoms with Crippen LogP contribution in [0.5, 0.6) is 5.75 Å². The zero-order chi connectivity index (χ0) is 17.6. The highest BCUT2D eigenvalue weighted by molar-refractivity contribution is 5.97. The maximum Gasteiger partial charge on any atom is 0.163 e. The Hall–Kier alpha value is -2.42. The lowest BCUT2D eigenvalue weighted by molar-refractivity contribution is -0.125. The van der Waals surface area contributed by atoms with Gasteiger partial charge in [0.1, 0.15) is 11.5 Å². The molecule has 0 saturated heterocycles. The maximum atomic E-state index is 12.8. The molecule has 1 aliphatic rings. The summed E-state index contributed by atoms with van der Waals surface area (Å²) in [5, 5.41) is 0. The van der Waals surface area contributed by atoms with Crippen LogP contribution in [0.1, 0.15) is 53.9 Å². The third kappa shape index (κ3) is 4.16. The zero-order valence-electron chi connectivity index (χ0n) is 14.6. The van der Waals surface area contributed by atoms with Crippen LogP contribution in [0.15, 0.2) is 54.6 Å². The van der Waals surface area contributed by atoms with E-state index in [1.54, 1.807) is 7.11 Å². The molecule has 2 aromatic rings. The molecule has 3 heteroatoms. The zero-order valence-corrected chi connectivity index (χ0v) is 14.6. The van der Waals surface area contributed by atoms with Gasteiger partial charge in [-0.15, -0.1) is 0 Å². The second-order valence-corrected chi connectivity index (χ2v) is 6.70. The molecule has 130 valence electrons. The molecule has 0 amide bonds. The fraction of sp³-hybridized carbons (Fsp3) is 0.364. The SMILES string of the molecule is COc1cccc(C(CC(=O)c2ccccc2)C2CCCCC2=O)c1. The number of methoxy groups -OCH3 is 1. The Bertz CT molecular complexity index is 736. The van der Waals surface area contributed by atoms with Crippen molar-refractivity contribution in [1.82, 2.24) is 0 Å². The first-order valence-electron chi connectivity index (χ1n) is 8.94. The number of benzene rings is 2. The van der Waals surface area contributed by atoms with Gasteiger partial charge in [-0.25, -0.2) is 0 Å². The predicted molar refractivity (Wildman–Crippen MR) is 98.1 cm³/mol. The lowest BCUT2D eigenvalue weighted by Gasteiger charge is -2.29. The van der Waals surface area contributed by atoms with Gasteiger partial charge >= 0.3 is 0 Å². The molecular weight excluding hydrogens is 312 g/mol. The van der Waals surface area contributed by atoms with Crippen molar-refractivity contribution < 1.29 is 14.3 Å². The molecule has 2 atom stereocenters. The van der Waals surface area contributed by atoms with E-state index in [1.165, 1.54) is 0 Å². The highest BCUT2D eigenvalue weighted by atomic mass is 16.5. The molecule has 0 aliphatic heterocycles. The summed E-state index contributed by atoms with van der Waals surface area (Å²) in [5.74, 6) is 0.980. The molecule has 2 unspecified atom stereocenters. The van der Waals surface area contributed by atoms with E-state index in [4.69, 9.17) is 4.74 Å². The van der Waals surface area contributed by atoms with E-state index >= 15 is 0 Å². The van der Waals surface area contributed by atoms with Crippen LogP contribution >= 0.6 is 0 Å². The number of hydrogen-bond donors (Lipinski definition) is 0.